The molecule has 0 aromatic heterocycles. The van der Waals surface area contributed by atoms with Gasteiger partial charge in [-0.3, -0.25) is 0 Å². The molecule has 0 amide bonds. The van der Waals surface area contributed by atoms with Crippen molar-refractivity contribution in [2.24, 2.45) is 5.92 Å². The van der Waals surface area contributed by atoms with Gasteiger partial charge in [0, 0.05) is 5.56 Å². The topological polar surface area (TPSA) is 20.2 Å². The maximum atomic E-state index is 12.6. The van der Waals surface area contributed by atoms with Crippen molar-refractivity contribution in [3.8, 4) is 5.75 Å². The Morgan fingerprint density at radius 2 is 1.93 bits per heavy atom. The number of rotatable bonds is 2. The summed E-state index contributed by atoms with van der Waals surface area (Å²) in [6.45, 7) is 0. The number of phenolic OH excluding ortho intramolecular Hbond substituents is 1. The van der Waals surface area contributed by atoms with Crippen molar-refractivity contribution in [1.82, 2.24) is 0 Å². The Balaban J connectivity index is 2.38. The Morgan fingerprint density at radius 1 is 1.27 bits per heavy atom. The van der Waals surface area contributed by atoms with Gasteiger partial charge in [0.2, 0.25) is 0 Å². The van der Waals surface area contributed by atoms with Crippen molar-refractivity contribution in [2.45, 2.75) is 25.4 Å². The lowest BCUT2D eigenvalue weighted by molar-refractivity contribution is -0.138. The number of alkyl halides is 3. The predicted molar refractivity (Wildman–Crippen MR) is 49.5 cm³/mol. The molecule has 0 spiro atoms. The van der Waals surface area contributed by atoms with Crippen molar-refractivity contribution in [3.63, 3.8) is 0 Å². The van der Waals surface area contributed by atoms with Crippen LogP contribution in [0.4, 0.5) is 13.2 Å². The third kappa shape index (κ3) is 2.25. The largest absolute Gasteiger partial charge is 0.508 e. The maximum absolute atomic E-state index is 12.6. The van der Waals surface area contributed by atoms with Crippen LogP contribution in [0.25, 0.3) is 0 Å². The monoisotopic (exact) mass is 216 g/mol. The van der Waals surface area contributed by atoms with Gasteiger partial charge in [0.1, 0.15) is 5.75 Å². The maximum Gasteiger partial charge on any atom is 0.416 e. The molecule has 0 radical (unpaired) electrons. The van der Waals surface area contributed by atoms with Gasteiger partial charge >= 0.3 is 6.18 Å². The molecule has 1 saturated carbocycles. The fourth-order valence-electron chi connectivity index (χ4n) is 1.67. The smallest absolute Gasteiger partial charge is 0.416 e. The zero-order valence-electron chi connectivity index (χ0n) is 8.01. The average Bonchev–Trinajstić information content (AvgIpc) is 2.90. The van der Waals surface area contributed by atoms with Crippen LogP contribution in [-0.2, 0) is 12.6 Å². The van der Waals surface area contributed by atoms with E-state index in [-0.39, 0.29) is 11.3 Å². The Hall–Kier alpha value is -1.19. The molecule has 1 aromatic rings. The van der Waals surface area contributed by atoms with Gasteiger partial charge in [0.15, 0.2) is 0 Å². The normalized spacial score (nSPS) is 16.7. The highest BCUT2D eigenvalue weighted by Crippen LogP contribution is 2.41. The van der Waals surface area contributed by atoms with Crippen molar-refractivity contribution in [1.29, 1.82) is 0 Å². The van der Waals surface area contributed by atoms with E-state index >= 15 is 0 Å². The number of phenols is 1. The fourth-order valence-corrected chi connectivity index (χ4v) is 1.67. The SMILES string of the molecule is Oc1cccc(C(F)(F)F)c1CC1CC1. The number of hydrogen-bond acceptors (Lipinski definition) is 1. The number of aromatic hydroxyl groups is 1. The average molecular weight is 216 g/mol. The zero-order valence-corrected chi connectivity index (χ0v) is 8.01. The molecule has 0 bridgehead atoms. The summed E-state index contributed by atoms with van der Waals surface area (Å²) in [6.07, 6.45) is -2.11. The first-order valence-corrected chi connectivity index (χ1v) is 4.86. The van der Waals surface area contributed by atoms with Crippen LogP contribution >= 0.6 is 0 Å². The highest BCUT2D eigenvalue weighted by molar-refractivity contribution is 5.41. The molecule has 82 valence electrons. The Morgan fingerprint density at radius 3 is 2.47 bits per heavy atom. The summed E-state index contributed by atoms with van der Waals surface area (Å²) in [5.41, 5.74) is -0.651. The summed E-state index contributed by atoms with van der Waals surface area (Å²) < 4.78 is 37.8. The molecule has 1 aliphatic rings. The molecule has 0 unspecified atom stereocenters. The van der Waals surface area contributed by atoms with Crippen LogP contribution in [0.3, 0.4) is 0 Å². The van der Waals surface area contributed by atoms with E-state index in [0.717, 1.165) is 18.9 Å². The molecule has 0 heterocycles. The molecule has 1 N–H and O–H groups in total. The van der Waals surface area contributed by atoms with Crippen LogP contribution in [0.1, 0.15) is 24.0 Å². The highest BCUT2D eigenvalue weighted by atomic mass is 19.4. The van der Waals surface area contributed by atoms with Crippen LogP contribution in [0.15, 0.2) is 18.2 Å². The van der Waals surface area contributed by atoms with E-state index in [1.54, 1.807) is 0 Å². The van der Waals surface area contributed by atoms with E-state index in [0.29, 0.717) is 12.3 Å². The molecule has 2 rings (SSSR count). The van der Waals surface area contributed by atoms with Gasteiger partial charge in [0.05, 0.1) is 5.56 Å². The molecular weight excluding hydrogens is 205 g/mol. The first-order chi connectivity index (χ1) is 6.98. The van der Waals surface area contributed by atoms with Crippen molar-refractivity contribution < 1.29 is 18.3 Å². The summed E-state index contributed by atoms with van der Waals surface area (Å²) in [5.74, 6) is 0.0797. The summed E-state index contributed by atoms with van der Waals surface area (Å²) in [4.78, 5) is 0. The molecule has 4 heteroatoms. The standard InChI is InChI=1S/C11H11F3O/c12-11(13,14)9-2-1-3-10(15)8(9)6-7-4-5-7/h1-3,7,15H,4-6H2. The lowest BCUT2D eigenvalue weighted by atomic mass is 10.0. The van der Waals surface area contributed by atoms with Crippen LogP contribution in [0, 0.1) is 5.92 Å². The van der Waals surface area contributed by atoms with E-state index in [1.807, 2.05) is 0 Å². The molecule has 1 aromatic carbocycles. The van der Waals surface area contributed by atoms with Gasteiger partial charge < -0.3 is 5.11 Å². The third-order valence-electron chi connectivity index (χ3n) is 2.65. The molecule has 0 saturated heterocycles. The number of hydrogen-bond donors (Lipinski definition) is 1. The van der Waals surface area contributed by atoms with E-state index < -0.39 is 11.7 Å². The molecule has 1 aliphatic carbocycles. The van der Waals surface area contributed by atoms with Crippen LogP contribution in [0.2, 0.25) is 0 Å². The van der Waals surface area contributed by atoms with E-state index in [9.17, 15) is 18.3 Å². The Bertz CT molecular complexity index is 367. The van der Waals surface area contributed by atoms with Crippen LogP contribution in [-0.4, -0.2) is 5.11 Å². The van der Waals surface area contributed by atoms with Crippen molar-refractivity contribution in [2.75, 3.05) is 0 Å². The number of halogens is 3. The Labute approximate surface area is 85.5 Å². The van der Waals surface area contributed by atoms with Gasteiger partial charge in [0.25, 0.3) is 0 Å². The summed E-state index contributed by atoms with van der Waals surface area (Å²) >= 11 is 0. The minimum absolute atomic E-state index is 0.0486. The van der Waals surface area contributed by atoms with Gasteiger partial charge in [-0.2, -0.15) is 13.2 Å². The predicted octanol–water partition coefficient (Wildman–Crippen LogP) is 3.36. The van der Waals surface area contributed by atoms with E-state index in [2.05, 4.69) is 0 Å². The van der Waals surface area contributed by atoms with E-state index in [1.165, 1.54) is 12.1 Å². The second-order valence-corrected chi connectivity index (χ2v) is 3.95. The van der Waals surface area contributed by atoms with Gasteiger partial charge in [-0.1, -0.05) is 6.07 Å². The lowest BCUT2D eigenvalue weighted by Crippen LogP contribution is -2.09. The summed E-state index contributed by atoms with van der Waals surface area (Å²) in [6, 6.07) is 3.57. The molecular formula is C11H11F3O. The Kier molecular flexibility index (Phi) is 2.37. The van der Waals surface area contributed by atoms with E-state index in [4.69, 9.17) is 0 Å². The van der Waals surface area contributed by atoms with Gasteiger partial charge in [-0.25, -0.2) is 0 Å². The van der Waals surface area contributed by atoms with Gasteiger partial charge in [-0.15, -0.1) is 0 Å². The molecule has 0 atom stereocenters. The van der Waals surface area contributed by atoms with Crippen molar-refractivity contribution in [3.05, 3.63) is 29.3 Å². The molecule has 1 fully saturated rings. The first-order valence-electron chi connectivity index (χ1n) is 4.86. The number of benzene rings is 1. The first kappa shape index (κ1) is 10.3. The molecule has 15 heavy (non-hydrogen) atoms. The fraction of sp³-hybridized carbons (Fsp3) is 0.455. The summed E-state index contributed by atoms with van der Waals surface area (Å²) in [5, 5.41) is 9.43. The highest BCUT2D eigenvalue weighted by Gasteiger charge is 2.36. The second-order valence-electron chi connectivity index (χ2n) is 3.95. The minimum Gasteiger partial charge on any atom is -0.508 e. The minimum atomic E-state index is -4.37. The quantitative estimate of drug-likeness (QED) is 0.803. The molecule has 1 nitrogen and oxygen atoms in total. The second kappa shape index (κ2) is 3.43. The zero-order chi connectivity index (χ0) is 11.1. The van der Waals surface area contributed by atoms with Crippen LogP contribution < -0.4 is 0 Å². The third-order valence-corrected chi connectivity index (χ3v) is 2.65. The summed E-state index contributed by atoms with van der Waals surface area (Å²) in [7, 11) is 0. The lowest BCUT2D eigenvalue weighted by Gasteiger charge is -2.13. The van der Waals surface area contributed by atoms with Gasteiger partial charge in [-0.05, 0) is 37.3 Å². The van der Waals surface area contributed by atoms with Crippen molar-refractivity contribution >= 4 is 0 Å². The van der Waals surface area contributed by atoms with Crippen LogP contribution in [0.5, 0.6) is 5.75 Å². The molecule has 0 aliphatic heterocycles.